The molecule has 6 atom stereocenters. The predicted octanol–water partition coefficient (Wildman–Crippen LogP) is 0.963. The van der Waals surface area contributed by atoms with E-state index in [1.807, 2.05) is 0 Å². The molecule has 1 N–H and O–H groups in total. The van der Waals surface area contributed by atoms with Gasteiger partial charge in [0.25, 0.3) is 0 Å². The number of sulfone groups is 1. The summed E-state index contributed by atoms with van der Waals surface area (Å²) in [5.41, 5.74) is 0. The lowest BCUT2D eigenvalue weighted by Gasteiger charge is -2.29. The van der Waals surface area contributed by atoms with E-state index in [0.29, 0.717) is 18.9 Å². The van der Waals surface area contributed by atoms with Crippen LogP contribution in [0.3, 0.4) is 0 Å². The summed E-state index contributed by atoms with van der Waals surface area (Å²) < 4.78 is 23.3. The highest BCUT2D eigenvalue weighted by Gasteiger charge is 2.44. The van der Waals surface area contributed by atoms with Gasteiger partial charge in [0.1, 0.15) is 0 Å². The van der Waals surface area contributed by atoms with Gasteiger partial charge < -0.3 is 10.2 Å². The van der Waals surface area contributed by atoms with Gasteiger partial charge in [-0.15, -0.1) is 0 Å². The van der Waals surface area contributed by atoms with Crippen LogP contribution in [-0.4, -0.2) is 55.3 Å². The smallest absolute Gasteiger partial charge is 0.225 e. The summed E-state index contributed by atoms with van der Waals surface area (Å²) in [6, 6.07) is -0.0721. The molecular weight excluding hydrogens is 340 g/mol. The van der Waals surface area contributed by atoms with Crippen LogP contribution in [0.2, 0.25) is 0 Å². The number of nitrogens with one attached hydrogen (secondary N) is 1. The van der Waals surface area contributed by atoms with Crippen LogP contribution in [0.5, 0.6) is 0 Å². The highest BCUT2D eigenvalue weighted by Crippen LogP contribution is 2.49. The molecule has 4 rings (SSSR count). The molecule has 7 heteroatoms. The second-order valence-electron chi connectivity index (χ2n) is 8.64. The monoisotopic (exact) mass is 368 g/mol. The summed E-state index contributed by atoms with van der Waals surface area (Å²) in [6.45, 7) is 2.47. The minimum atomic E-state index is -3.02. The molecule has 2 aliphatic heterocycles. The Hall–Kier alpha value is -1.11. The van der Waals surface area contributed by atoms with Crippen LogP contribution >= 0.6 is 0 Å². The lowest BCUT2D eigenvalue weighted by atomic mass is 9.84. The lowest BCUT2D eigenvalue weighted by molar-refractivity contribution is -0.130. The van der Waals surface area contributed by atoms with Crippen LogP contribution < -0.4 is 5.32 Å². The van der Waals surface area contributed by atoms with Crippen molar-refractivity contribution in [2.24, 2.45) is 23.7 Å². The molecule has 4 aliphatic rings. The van der Waals surface area contributed by atoms with Gasteiger partial charge in [0.15, 0.2) is 9.84 Å². The largest absolute Gasteiger partial charge is 0.353 e. The second kappa shape index (κ2) is 6.25. The number of rotatable bonds is 4. The van der Waals surface area contributed by atoms with Gasteiger partial charge in [-0.2, -0.15) is 0 Å². The number of nitrogens with zero attached hydrogens (tertiary/aromatic N) is 1. The Morgan fingerprint density at radius 1 is 1.24 bits per heavy atom. The number of carbonyl (C=O) groups excluding carboxylic acids is 2. The summed E-state index contributed by atoms with van der Waals surface area (Å²) in [5, 5.41) is 3.16. The minimum absolute atomic E-state index is 0.0352. The van der Waals surface area contributed by atoms with E-state index < -0.39 is 9.84 Å². The molecule has 2 saturated carbocycles. The number of hydrogen-bond acceptors (Lipinski definition) is 4. The maximum absolute atomic E-state index is 12.6. The third kappa shape index (κ3) is 3.32. The molecule has 0 unspecified atom stereocenters. The Kier molecular flexibility index (Phi) is 4.33. The summed E-state index contributed by atoms with van der Waals surface area (Å²) in [6.07, 6.45) is 5.90. The third-order valence-corrected chi connectivity index (χ3v) is 8.73. The van der Waals surface area contributed by atoms with Gasteiger partial charge in [-0.3, -0.25) is 9.59 Å². The molecule has 6 nitrogen and oxygen atoms in total. The van der Waals surface area contributed by atoms with Crippen molar-refractivity contribution >= 4 is 21.7 Å². The highest BCUT2D eigenvalue weighted by molar-refractivity contribution is 7.91. The van der Waals surface area contributed by atoms with Gasteiger partial charge in [0, 0.05) is 25.0 Å². The van der Waals surface area contributed by atoms with Crippen molar-refractivity contribution in [1.29, 1.82) is 0 Å². The predicted molar refractivity (Wildman–Crippen MR) is 93.4 cm³/mol. The fourth-order valence-electron chi connectivity index (χ4n) is 5.64. The minimum Gasteiger partial charge on any atom is -0.353 e. The van der Waals surface area contributed by atoms with E-state index in [-0.39, 0.29) is 47.7 Å². The number of likely N-dealkylation sites (tertiary alicyclic amines) is 1. The molecule has 140 valence electrons. The molecule has 2 heterocycles. The lowest BCUT2D eigenvalue weighted by Crippen LogP contribution is -2.44. The number of carbonyl (C=O) groups is 2. The summed E-state index contributed by atoms with van der Waals surface area (Å²) >= 11 is 0. The Morgan fingerprint density at radius 2 is 2.04 bits per heavy atom. The van der Waals surface area contributed by atoms with Crippen molar-refractivity contribution in [3.8, 4) is 0 Å². The second-order valence-corrected chi connectivity index (χ2v) is 10.9. The quantitative estimate of drug-likeness (QED) is 0.801. The van der Waals surface area contributed by atoms with Crippen LogP contribution in [0.25, 0.3) is 0 Å². The topological polar surface area (TPSA) is 83.6 Å². The van der Waals surface area contributed by atoms with Crippen LogP contribution in [0.15, 0.2) is 0 Å². The maximum atomic E-state index is 12.6. The SMILES string of the molecule is C[C@H](NC(=O)[C@@H]1CC(=O)N([C@H]2CCS(=O)(=O)C2)C1)[C@@H]1C[C@H]2CC[C@H]1C2. The van der Waals surface area contributed by atoms with Gasteiger partial charge in [-0.25, -0.2) is 8.42 Å². The van der Waals surface area contributed by atoms with Gasteiger partial charge in [0.05, 0.1) is 17.4 Å². The zero-order valence-electron chi connectivity index (χ0n) is 14.8. The molecular formula is C18H28N2O4S. The first kappa shape index (κ1) is 17.3. The molecule has 2 bridgehead atoms. The zero-order chi connectivity index (χ0) is 17.8. The summed E-state index contributed by atoms with van der Waals surface area (Å²) in [5.74, 6) is 1.94. The van der Waals surface area contributed by atoms with Crippen molar-refractivity contribution in [3.05, 3.63) is 0 Å². The first-order valence-electron chi connectivity index (χ1n) is 9.62. The van der Waals surface area contributed by atoms with Crippen LogP contribution in [0.1, 0.15) is 45.4 Å². The summed E-state index contributed by atoms with van der Waals surface area (Å²) in [7, 11) is -3.02. The number of amides is 2. The van der Waals surface area contributed by atoms with Gasteiger partial charge in [-0.1, -0.05) is 6.42 Å². The fraction of sp³-hybridized carbons (Fsp3) is 0.889. The van der Waals surface area contributed by atoms with E-state index in [2.05, 4.69) is 12.2 Å². The van der Waals surface area contributed by atoms with E-state index in [1.165, 1.54) is 25.7 Å². The van der Waals surface area contributed by atoms with Crippen molar-refractivity contribution in [2.45, 2.75) is 57.5 Å². The summed E-state index contributed by atoms with van der Waals surface area (Å²) in [4.78, 5) is 26.6. The van der Waals surface area contributed by atoms with Crippen LogP contribution in [-0.2, 0) is 19.4 Å². The van der Waals surface area contributed by atoms with E-state index in [9.17, 15) is 18.0 Å². The van der Waals surface area contributed by atoms with Gasteiger partial charge in [0.2, 0.25) is 11.8 Å². The molecule has 0 aromatic heterocycles. The Morgan fingerprint density at radius 3 is 2.64 bits per heavy atom. The first-order chi connectivity index (χ1) is 11.8. The molecule has 0 aromatic rings. The maximum Gasteiger partial charge on any atom is 0.225 e. The number of hydrogen-bond donors (Lipinski definition) is 1. The van der Waals surface area contributed by atoms with Crippen LogP contribution in [0, 0.1) is 23.7 Å². The van der Waals surface area contributed by atoms with Crippen LogP contribution in [0.4, 0.5) is 0 Å². The van der Waals surface area contributed by atoms with Crippen molar-refractivity contribution in [3.63, 3.8) is 0 Å². The molecule has 0 radical (unpaired) electrons. The first-order valence-corrected chi connectivity index (χ1v) is 11.4. The average Bonchev–Trinajstić information content (AvgIpc) is 3.30. The molecule has 2 saturated heterocycles. The van der Waals surface area contributed by atoms with Gasteiger partial charge >= 0.3 is 0 Å². The van der Waals surface area contributed by atoms with Crippen molar-refractivity contribution in [1.82, 2.24) is 10.2 Å². The molecule has 4 fully saturated rings. The highest BCUT2D eigenvalue weighted by atomic mass is 32.2. The average molecular weight is 368 g/mol. The van der Waals surface area contributed by atoms with E-state index in [1.54, 1.807) is 4.90 Å². The Labute approximate surface area is 149 Å². The standard InChI is InChI=1S/C18H28N2O4S/c1-11(16-7-12-2-3-13(16)6-12)19-18(22)14-8-17(21)20(9-14)15-4-5-25(23,24)10-15/h11-16H,2-10H2,1H3,(H,19,22)/t11-,12-,13-,14+,15-,16-/m0/s1. The van der Waals surface area contributed by atoms with E-state index in [0.717, 1.165) is 11.8 Å². The normalized spacial score (nSPS) is 40.6. The zero-order valence-corrected chi connectivity index (χ0v) is 15.6. The molecule has 0 spiro atoms. The fourth-order valence-corrected chi connectivity index (χ4v) is 7.37. The third-order valence-electron chi connectivity index (χ3n) is 6.98. The molecule has 25 heavy (non-hydrogen) atoms. The van der Waals surface area contributed by atoms with E-state index >= 15 is 0 Å². The Balaban J connectivity index is 1.33. The van der Waals surface area contributed by atoms with E-state index in [4.69, 9.17) is 0 Å². The van der Waals surface area contributed by atoms with Crippen molar-refractivity contribution in [2.75, 3.05) is 18.1 Å². The van der Waals surface area contributed by atoms with Crippen molar-refractivity contribution < 1.29 is 18.0 Å². The molecule has 2 aliphatic carbocycles. The number of fused-ring (bicyclic) bond motifs is 2. The Bertz CT molecular complexity index is 677. The molecule has 2 amide bonds. The van der Waals surface area contributed by atoms with Gasteiger partial charge in [-0.05, 0) is 50.4 Å². The molecule has 0 aromatic carbocycles.